The third kappa shape index (κ3) is 7.31. The van der Waals surface area contributed by atoms with E-state index in [-0.39, 0.29) is 0 Å². The molecular formula is C17H31N5O2. The second kappa shape index (κ2) is 11.0. The fraction of sp³-hybridized carbons (Fsp3) is 0.765. The maximum Gasteiger partial charge on any atom is 0.191 e. The van der Waals surface area contributed by atoms with Gasteiger partial charge in [0.05, 0.1) is 18.9 Å². The number of guanidine groups is 1. The molecule has 0 aliphatic carbocycles. The van der Waals surface area contributed by atoms with Crippen LogP contribution in [-0.4, -0.2) is 61.3 Å². The minimum Gasteiger partial charge on any atom is -0.379 e. The molecule has 1 saturated heterocycles. The molecule has 1 fully saturated rings. The van der Waals surface area contributed by atoms with Gasteiger partial charge < -0.3 is 20.1 Å². The first kappa shape index (κ1) is 18.7. The van der Waals surface area contributed by atoms with E-state index in [0.717, 1.165) is 64.5 Å². The Hall–Kier alpha value is -1.60. The fourth-order valence-electron chi connectivity index (χ4n) is 2.62. The fourth-order valence-corrected chi connectivity index (χ4v) is 2.62. The lowest BCUT2D eigenvalue weighted by Crippen LogP contribution is -2.38. The summed E-state index contributed by atoms with van der Waals surface area (Å²) in [6.07, 6.45) is 8.39. The van der Waals surface area contributed by atoms with Gasteiger partial charge in [-0.2, -0.15) is 5.10 Å². The summed E-state index contributed by atoms with van der Waals surface area (Å²) in [4.78, 5) is 4.58. The first-order valence-corrected chi connectivity index (χ1v) is 8.97. The lowest BCUT2D eigenvalue weighted by atomic mass is 10.2. The van der Waals surface area contributed by atoms with Crippen molar-refractivity contribution in [1.82, 2.24) is 20.4 Å². The van der Waals surface area contributed by atoms with Crippen molar-refractivity contribution in [3.05, 3.63) is 18.0 Å². The number of aromatic nitrogens is 2. The Labute approximate surface area is 144 Å². The van der Waals surface area contributed by atoms with Gasteiger partial charge in [-0.05, 0) is 38.2 Å². The van der Waals surface area contributed by atoms with E-state index < -0.39 is 0 Å². The van der Waals surface area contributed by atoms with Crippen LogP contribution in [0.25, 0.3) is 0 Å². The molecular weight excluding hydrogens is 306 g/mol. The summed E-state index contributed by atoms with van der Waals surface area (Å²) in [6.45, 7) is 6.86. The van der Waals surface area contributed by atoms with Crippen molar-refractivity contribution in [2.75, 3.05) is 39.5 Å². The van der Waals surface area contributed by atoms with Crippen LogP contribution in [0.4, 0.5) is 0 Å². The zero-order chi connectivity index (χ0) is 17.0. The number of nitrogens with zero attached hydrogens (tertiary/aromatic N) is 3. The zero-order valence-electron chi connectivity index (χ0n) is 15.0. The third-order valence-electron chi connectivity index (χ3n) is 3.85. The van der Waals surface area contributed by atoms with E-state index >= 15 is 0 Å². The second-order valence-corrected chi connectivity index (χ2v) is 6.02. The Morgan fingerprint density at radius 3 is 3.12 bits per heavy atom. The summed E-state index contributed by atoms with van der Waals surface area (Å²) in [5.74, 6) is 0.862. The van der Waals surface area contributed by atoms with Gasteiger partial charge in [0.25, 0.3) is 0 Å². The van der Waals surface area contributed by atoms with Crippen molar-refractivity contribution in [3.8, 4) is 0 Å². The van der Waals surface area contributed by atoms with E-state index in [4.69, 9.17) is 9.47 Å². The second-order valence-electron chi connectivity index (χ2n) is 6.02. The minimum atomic E-state index is 0.306. The molecule has 0 spiro atoms. The molecule has 0 bridgehead atoms. The number of ether oxygens (including phenoxy) is 2. The standard InChI is InChI=1S/C17H31N5O2/c1-3-18-17(20-9-7-15-12-21-22(2)13-15)19-8-5-10-23-14-16-6-4-11-24-16/h12-13,16H,3-11,14H2,1-2H3,(H2,18,19,20). The third-order valence-corrected chi connectivity index (χ3v) is 3.85. The molecule has 1 aromatic heterocycles. The Morgan fingerprint density at radius 1 is 1.50 bits per heavy atom. The molecule has 1 unspecified atom stereocenters. The average Bonchev–Trinajstić information content (AvgIpc) is 3.22. The highest BCUT2D eigenvalue weighted by atomic mass is 16.5. The van der Waals surface area contributed by atoms with Crippen molar-refractivity contribution < 1.29 is 9.47 Å². The largest absolute Gasteiger partial charge is 0.379 e. The smallest absolute Gasteiger partial charge is 0.191 e. The van der Waals surface area contributed by atoms with Gasteiger partial charge in [0.2, 0.25) is 0 Å². The van der Waals surface area contributed by atoms with E-state index in [9.17, 15) is 0 Å². The lowest BCUT2D eigenvalue weighted by Gasteiger charge is -2.11. The molecule has 2 rings (SSSR count). The van der Waals surface area contributed by atoms with Crippen LogP contribution >= 0.6 is 0 Å². The van der Waals surface area contributed by atoms with Gasteiger partial charge in [-0.3, -0.25) is 9.67 Å². The molecule has 7 heteroatoms. The first-order chi connectivity index (χ1) is 11.8. The van der Waals surface area contributed by atoms with Gasteiger partial charge in [-0.25, -0.2) is 0 Å². The molecule has 2 N–H and O–H groups in total. The molecule has 24 heavy (non-hydrogen) atoms. The van der Waals surface area contributed by atoms with Crippen molar-refractivity contribution in [2.45, 2.75) is 38.7 Å². The van der Waals surface area contributed by atoms with Gasteiger partial charge >= 0.3 is 0 Å². The Kier molecular flexibility index (Phi) is 8.62. The van der Waals surface area contributed by atoms with Crippen LogP contribution < -0.4 is 10.6 Å². The highest BCUT2D eigenvalue weighted by Gasteiger charge is 2.14. The maximum absolute atomic E-state index is 5.66. The van der Waals surface area contributed by atoms with Crippen LogP contribution in [0.5, 0.6) is 0 Å². The average molecular weight is 337 g/mol. The van der Waals surface area contributed by atoms with E-state index in [2.05, 4.69) is 27.6 Å². The van der Waals surface area contributed by atoms with Crippen molar-refractivity contribution in [3.63, 3.8) is 0 Å². The highest BCUT2D eigenvalue weighted by molar-refractivity contribution is 5.79. The Balaban J connectivity index is 1.57. The van der Waals surface area contributed by atoms with Crippen LogP contribution in [0, 0.1) is 0 Å². The van der Waals surface area contributed by atoms with E-state index in [1.807, 2.05) is 24.1 Å². The molecule has 1 aliphatic heterocycles. The van der Waals surface area contributed by atoms with E-state index in [0.29, 0.717) is 12.7 Å². The van der Waals surface area contributed by atoms with Crippen LogP contribution in [0.2, 0.25) is 0 Å². The molecule has 1 atom stereocenters. The molecule has 0 aromatic carbocycles. The van der Waals surface area contributed by atoms with Crippen molar-refractivity contribution >= 4 is 5.96 Å². The Morgan fingerprint density at radius 2 is 2.42 bits per heavy atom. The SMILES string of the molecule is CCNC(=NCCCOCC1CCCO1)NCCc1cnn(C)c1. The molecule has 2 heterocycles. The summed E-state index contributed by atoms with van der Waals surface area (Å²) >= 11 is 0. The Bertz CT molecular complexity index is 483. The topological polar surface area (TPSA) is 72.7 Å². The van der Waals surface area contributed by atoms with Gasteiger partial charge in [0.15, 0.2) is 5.96 Å². The van der Waals surface area contributed by atoms with E-state index in [1.54, 1.807) is 0 Å². The molecule has 0 saturated carbocycles. The number of nitrogens with one attached hydrogen (secondary N) is 2. The van der Waals surface area contributed by atoms with Crippen LogP contribution in [-0.2, 0) is 22.9 Å². The van der Waals surface area contributed by atoms with Crippen molar-refractivity contribution in [2.24, 2.45) is 12.0 Å². The molecule has 0 amide bonds. The summed E-state index contributed by atoms with van der Waals surface area (Å²) in [6, 6.07) is 0. The summed E-state index contributed by atoms with van der Waals surface area (Å²) in [5, 5.41) is 10.8. The lowest BCUT2D eigenvalue weighted by molar-refractivity contribution is 0.0171. The maximum atomic E-state index is 5.66. The van der Waals surface area contributed by atoms with Crippen LogP contribution in [0.3, 0.4) is 0 Å². The molecule has 7 nitrogen and oxygen atoms in total. The van der Waals surface area contributed by atoms with E-state index in [1.165, 1.54) is 5.56 Å². The molecule has 136 valence electrons. The zero-order valence-corrected chi connectivity index (χ0v) is 15.0. The number of hydrogen-bond donors (Lipinski definition) is 2. The van der Waals surface area contributed by atoms with Gasteiger partial charge in [0, 0.05) is 46.1 Å². The monoisotopic (exact) mass is 337 g/mol. The number of rotatable bonds is 10. The molecule has 1 aliphatic rings. The van der Waals surface area contributed by atoms with Gasteiger partial charge in [-0.1, -0.05) is 0 Å². The van der Waals surface area contributed by atoms with Crippen LogP contribution in [0.1, 0.15) is 31.7 Å². The van der Waals surface area contributed by atoms with Gasteiger partial charge in [-0.15, -0.1) is 0 Å². The quantitative estimate of drug-likeness (QED) is 0.380. The van der Waals surface area contributed by atoms with Crippen molar-refractivity contribution in [1.29, 1.82) is 0 Å². The number of aryl methyl sites for hydroxylation is 1. The van der Waals surface area contributed by atoms with Crippen LogP contribution in [0.15, 0.2) is 17.4 Å². The predicted octanol–water partition coefficient (Wildman–Crippen LogP) is 1.10. The summed E-state index contributed by atoms with van der Waals surface area (Å²) in [5.41, 5.74) is 1.23. The number of aliphatic imine (C=N–C) groups is 1. The summed E-state index contributed by atoms with van der Waals surface area (Å²) in [7, 11) is 1.93. The highest BCUT2D eigenvalue weighted by Crippen LogP contribution is 2.11. The van der Waals surface area contributed by atoms with Gasteiger partial charge in [0.1, 0.15) is 0 Å². The molecule has 0 radical (unpaired) electrons. The molecule has 1 aromatic rings. The number of hydrogen-bond acceptors (Lipinski definition) is 4. The minimum absolute atomic E-state index is 0.306. The predicted molar refractivity (Wildman–Crippen MR) is 95.3 cm³/mol. The summed E-state index contributed by atoms with van der Waals surface area (Å²) < 4.78 is 13.0. The normalized spacial score (nSPS) is 18.1. The first-order valence-electron chi connectivity index (χ1n) is 8.97.